The molecule has 2 aliphatic heterocycles. The van der Waals surface area contributed by atoms with Crippen molar-refractivity contribution in [3.05, 3.63) is 35.4 Å². The first-order valence-electron chi connectivity index (χ1n) is 24.1. The van der Waals surface area contributed by atoms with Crippen LogP contribution in [-0.4, -0.2) is 275 Å². The van der Waals surface area contributed by atoms with Crippen LogP contribution in [0.25, 0.3) is 0 Å². The molecule has 3 rings (SSSR count). The highest BCUT2D eigenvalue weighted by Gasteiger charge is 2.41. The lowest BCUT2D eigenvalue weighted by atomic mass is 9.77. The van der Waals surface area contributed by atoms with Gasteiger partial charge in [-0.25, -0.2) is 0 Å². The average molecular weight is 1060 g/mol. The van der Waals surface area contributed by atoms with E-state index < -0.39 is 110 Å². The van der Waals surface area contributed by atoms with Crippen molar-refractivity contribution in [1.29, 1.82) is 0 Å². The number of aliphatic imine (C=N–C) groups is 1. The zero-order valence-electron chi connectivity index (χ0n) is 42.1. The largest absolute Gasteiger partial charge is 0.481 e. The van der Waals surface area contributed by atoms with E-state index in [4.69, 9.17) is 11.5 Å². The highest BCUT2D eigenvalue weighted by atomic mass is 16.4. The van der Waals surface area contributed by atoms with E-state index in [1.807, 2.05) is 0 Å². The maximum absolute atomic E-state index is 13.7. The third kappa shape index (κ3) is 23.8. The fourth-order valence-electron chi connectivity index (χ4n) is 7.93. The minimum atomic E-state index is -1.88. The van der Waals surface area contributed by atoms with Gasteiger partial charge in [0.25, 0.3) is 5.91 Å². The van der Waals surface area contributed by atoms with E-state index in [9.17, 15) is 78.4 Å². The molecule has 2 fully saturated rings. The summed E-state index contributed by atoms with van der Waals surface area (Å²) in [7, 11) is 1.47. The van der Waals surface area contributed by atoms with Gasteiger partial charge in [-0.05, 0) is 37.0 Å². The van der Waals surface area contributed by atoms with Crippen LogP contribution in [0.4, 0.5) is 0 Å². The predicted molar refractivity (Wildman–Crippen MR) is 266 cm³/mol. The van der Waals surface area contributed by atoms with E-state index >= 15 is 0 Å². The lowest BCUT2D eigenvalue weighted by Crippen LogP contribution is -2.54. The van der Waals surface area contributed by atoms with Crippen molar-refractivity contribution in [3.8, 4) is 0 Å². The second-order valence-corrected chi connectivity index (χ2v) is 18.2. The molecule has 416 valence electrons. The minimum absolute atomic E-state index is 0.00143. The van der Waals surface area contributed by atoms with E-state index in [0.717, 1.165) is 4.90 Å². The highest BCUT2D eigenvalue weighted by Crippen LogP contribution is 2.19. The van der Waals surface area contributed by atoms with Gasteiger partial charge in [0.15, 0.2) is 5.96 Å². The van der Waals surface area contributed by atoms with Gasteiger partial charge in [-0.2, -0.15) is 0 Å². The first-order valence-corrected chi connectivity index (χ1v) is 24.1. The molecule has 2 heterocycles. The number of rotatable bonds is 26. The van der Waals surface area contributed by atoms with Gasteiger partial charge in [-0.15, -0.1) is 0 Å². The molecule has 0 aromatic heterocycles. The number of primary amides is 1. The number of likely N-dealkylation sites (tertiary alicyclic amines) is 1. The molecule has 1 aromatic carbocycles. The fraction of sp³-hybridized carbons (Fsp3) is 0.614. The Labute approximate surface area is 432 Å². The predicted octanol–water partition coefficient (Wildman–Crippen LogP) is -7.90. The van der Waals surface area contributed by atoms with E-state index in [1.165, 1.54) is 24.3 Å². The Morgan fingerprint density at radius 3 is 1.72 bits per heavy atom. The Morgan fingerprint density at radius 1 is 0.693 bits per heavy atom. The Balaban J connectivity index is 1.65. The third-order valence-corrected chi connectivity index (χ3v) is 12.0. The van der Waals surface area contributed by atoms with Crippen LogP contribution in [0.1, 0.15) is 41.6 Å². The van der Waals surface area contributed by atoms with Crippen molar-refractivity contribution in [3.63, 3.8) is 0 Å². The molecule has 0 spiro atoms. The SMILES string of the molecule is CN(C)C(N)=NCCC[C@H](NC(=O)CN1CCN(CC(=O)O)CCN(CC(N)=O)CCN(CC(=O)O)CC1)C(=O)NCC(=O)N[C@@H](CC(=O)O)C(=O)NCc1ccc(C(=O)NCC(=O)N2CC(O)C[C@H]2B(O)O)cc1. The van der Waals surface area contributed by atoms with Gasteiger partial charge in [-0.1, -0.05) is 12.1 Å². The van der Waals surface area contributed by atoms with Crippen LogP contribution in [0.5, 0.6) is 0 Å². The fourth-order valence-corrected chi connectivity index (χ4v) is 7.93. The molecule has 1 unspecified atom stereocenters. The van der Waals surface area contributed by atoms with Gasteiger partial charge in [0.1, 0.15) is 12.1 Å². The third-order valence-electron chi connectivity index (χ3n) is 12.0. The zero-order chi connectivity index (χ0) is 55.8. The number of amides is 7. The van der Waals surface area contributed by atoms with Crippen molar-refractivity contribution in [1.82, 2.24) is 56.0 Å². The summed E-state index contributed by atoms with van der Waals surface area (Å²) in [6.07, 6.45) is -1.61. The topological polar surface area (TPSA) is 436 Å². The highest BCUT2D eigenvalue weighted by molar-refractivity contribution is 6.43. The summed E-state index contributed by atoms with van der Waals surface area (Å²) in [6, 6.07) is 2.86. The maximum Gasteiger partial charge on any atom is 0.475 e. The standard InChI is InChI=1S/C44H71BN14O16/c1-54(2)44(47)48-9-3-4-31(52-36(63)25-56-12-16-57(26-39(67)68)14-10-55(24-34(46)61)11-15-58(17-13-56)27-40(69)70)42(72)50-21-35(62)53-32(19-38(65)66)43(73)49-20-28-5-7-29(8-6-28)41(71)51-22-37(64)59-23-30(60)18-33(59)45(74)75/h5-8,30-33,60,74-75H,3-4,9-27H2,1-2H3,(H2,46,61)(H2,47,48)(H,49,73)(H,50,72)(H,51,71)(H,52,63)(H,53,62)(H,65,66)(H,67,68)(H,69,70)/t30?,31-,32-,33-/m0/s1. The van der Waals surface area contributed by atoms with Crippen LogP contribution in [-0.2, 0) is 49.7 Å². The van der Waals surface area contributed by atoms with E-state index in [0.29, 0.717) is 5.56 Å². The minimum Gasteiger partial charge on any atom is -0.481 e. The number of guanidine groups is 1. The Kier molecular flexibility index (Phi) is 26.3. The molecule has 7 amide bonds. The van der Waals surface area contributed by atoms with E-state index in [1.54, 1.807) is 38.6 Å². The normalized spacial score (nSPS) is 18.3. The van der Waals surface area contributed by atoms with Crippen molar-refractivity contribution in [2.24, 2.45) is 16.5 Å². The van der Waals surface area contributed by atoms with Gasteiger partial charge < -0.3 is 78.3 Å². The summed E-state index contributed by atoms with van der Waals surface area (Å²) >= 11 is 0. The monoisotopic (exact) mass is 1060 g/mol. The van der Waals surface area contributed by atoms with Gasteiger partial charge >= 0.3 is 25.0 Å². The summed E-state index contributed by atoms with van der Waals surface area (Å²) < 4.78 is 0. The molecule has 0 aliphatic carbocycles. The van der Waals surface area contributed by atoms with Crippen LogP contribution >= 0.6 is 0 Å². The van der Waals surface area contributed by atoms with Gasteiger partial charge in [-0.3, -0.25) is 72.5 Å². The summed E-state index contributed by atoms with van der Waals surface area (Å²) in [5.41, 5.74) is 11.9. The molecule has 31 heteroatoms. The number of aliphatic hydroxyl groups is 1. The van der Waals surface area contributed by atoms with E-state index in [-0.39, 0.29) is 129 Å². The second-order valence-electron chi connectivity index (χ2n) is 18.2. The Hall–Kier alpha value is -7.03. The number of hydrogen-bond acceptors (Lipinski definition) is 18. The van der Waals surface area contributed by atoms with E-state index in [2.05, 4.69) is 31.6 Å². The Morgan fingerprint density at radius 2 is 1.21 bits per heavy atom. The second kappa shape index (κ2) is 31.6. The molecule has 15 N–H and O–H groups in total. The molecular weight excluding hydrogens is 991 g/mol. The smallest absolute Gasteiger partial charge is 0.475 e. The summed E-state index contributed by atoms with van der Waals surface area (Å²) in [5.74, 6) is -9.70. The molecule has 0 bridgehead atoms. The quantitative estimate of drug-likeness (QED) is 0.0177. The number of benzene rings is 1. The van der Waals surface area contributed by atoms with Crippen LogP contribution < -0.4 is 38.1 Å². The molecule has 2 saturated heterocycles. The molecule has 75 heavy (non-hydrogen) atoms. The number of β-amino-alcohol motifs (C(OH)–C–C–N with tert-alkyl or cyclic N) is 1. The molecule has 1 aromatic rings. The molecule has 0 radical (unpaired) electrons. The molecule has 4 atom stereocenters. The lowest BCUT2D eigenvalue weighted by molar-refractivity contribution is -0.141. The number of nitrogens with zero attached hydrogens (tertiary/aromatic N) is 7. The van der Waals surface area contributed by atoms with Crippen LogP contribution in [0.2, 0.25) is 0 Å². The van der Waals surface area contributed by atoms with Crippen molar-refractivity contribution in [2.45, 2.75) is 56.4 Å². The number of nitrogens with two attached hydrogens (primary N) is 2. The lowest BCUT2D eigenvalue weighted by Gasteiger charge is -2.33. The number of carboxylic acid groups (broad SMARTS) is 3. The Bertz CT molecular complexity index is 2140. The number of aliphatic hydroxyl groups excluding tert-OH is 1. The van der Waals surface area contributed by atoms with Gasteiger partial charge in [0.2, 0.25) is 35.4 Å². The van der Waals surface area contributed by atoms with Gasteiger partial charge in [0.05, 0.1) is 57.7 Å². The maximum atomic E-state index is 13.7. The van der Waals surface area contributed by atoms with Crippen LogP contribution in [0.15, 0.2) is 29.3 Å². The first-order chi connectivity index (χ1) is 35.4. The van der Waals surface area contributed by atoms with Gasteiger partial charge in [0, 0.05) is 91.7 Å². The average Bonchev–Trinajstić information content (AvgIpc) is 3.74. The summed E-state index contributed by atoms with van der Waals surface area (Å²) in [5, 5.41) is 70.0. The number of hydrogen-bond donors (Lipinski definition) is 13. The first kappa shape index (κ1) is 62.3. The number of nitrogens with one attached hydrogen (secondary N) is 5. The van der Waals surface area contributed by atoms with Crippen molar-refractivity contribution >= 4 is 72.3 Å². The van der Waals surface area contributed by atoms with Crippen LogP contribution in [0.3, 0.4) is 0 Å². The number of aliphatic carboxylic acids is 3. The summed E-state index contributed by atoms with van der Waals surface area (Å²) in [4.78, 5) is 140. The van der Waals surface area contributed by atoms with Crippen LogP contribution in [0, 0.1) is 0 Å². The van der Waals surface area contributed by atoms with Crippen molar-refractivity contribution in [2.75, 3.05) is 119 Å². The molecule has 30 nitrogen and oxygen atoms in total. The number of carbonyl (C=O) groups is 10. The molecule has 0 saturated carbocycles. The molecular formula is C44H71BN14O16. The number of carboxylic acids is 3. The summed E-state index contributed by atoms with van der Waals surface area (Å²) in [6.45, 7) is -1.05. The molecule has 2 aliphatic rings. The van der Waals surface area contributed by atoms with Crippen molar-refractivity contribution < 1.29 is 78.4 Å². The zero-order valence-corrected chi connectivity index (χ0v) is 42.1. The number of carbonyl (C=O) groups excluding carboxylic acids is 7.